The summed E-state index contributed by atoms with van der Waals surface area (Å²) in [6.07, 6.45) is -4.72. The SMILES string of the molecule is N#Cc1cc(N)cc(-c2ccc(OC(F)(F)F)cc2)c1. The molecule has 2 N–H and O–H groups in total. The van der Waals surface area contributed by atoms with Crippen LogP contribution in [0.4, 0.5) is 18.9 Å². The summed E-state index contributed by atoms with van der Waals surface area (Å²) in [6, 6.07) is 12.1. The molecule has 0 aliphatic rings. The number of nitrogens with zero attached hydrogens (tertiary/aromatic N) is 1. The van der Waals surface area contributed by atoms with E-state index < -0.39 is 6.36 Å². The zero-order valence-corrected chi connectivity index (χ0v) is 10.1. The minimum Gasteiger partial charge on any atom is -0.406 e. The highest BCUT2D eigenvalue weighted by molar-refractivity contribution is 5.70. The predicted octanol–water partition coefficient (Wildman–Crippen LogP) is 3.71. The second-order valence-corrected chi connectivity index (χ2v) is 4.03. The first-order valence-corrected chi connectivity index (χ1v) is 5.54. The van der Waals surface area contributed by atoms with Crippen molar-refractivity contribution in [3.63, 3.8) is 0 Å². The molecule has 0 spiro atoms. The van der Waals surface area contributed by atoms with Crippen LogP contribution in [-0.2, 0) is 0 Å². The van der Waals surface area contributed by atoms with Crippen LogP contribution in [0.5, 0.6) is 5.75 Å². The lowest BCUT2D eigenvalue weighted by atomic mass is 10.0. The van der Waals surface area contributed by atoms with E-state index in [1.54, 1.807) is 12.1 Å². The topological polar surface area (TPSA) is 59.0 Å². The standard InChI is InChI=1S/C14H9F3N2O/c15-14(16,17)20-13-3-1-10(2-4-13)11-5-9(8-18)6-12(19)7-11/h1-7H,19H2. The van der Waals surface area contributed by atoms with Gasteiger partial charge in [0.2, 0.25) is 0 Å². The Morgan fingerprint density at radius 1 is 1.00 bits per heavy atom. The fourth-order valence-electron chi connectivity index (χ4n) is 1.73. The Hall–Kier alpha value is -2.68. The summed E-state index contributed by atoms with van der Waals surface area (Å²) in [5.74, 6) is -0.300. The van der Waals surface area contributed by atoms with Gasteiger partial charge in [-0.1, -0.05) is 12.1 Å². The number of rotatable bonds is 2. The van der Waals surface area contributed by atoms with Gasteiger partial charge in [-0.3, -0.25) is 0 Å². The first-order chi connectivity index (χ1) is 9.37. The Morgan fingerprint density at radius 2 is 1.65 bits per heavy atom. The molecule has 2 aromatic carbocycles. The van der Waals surface area contributed by atoms with Crippen molar-refractivity contribution < 1.29 is 17.9 Å². The summed E-state index contributed by atoms with van der Waals surface area (Å²) in [6.45, 7) is 0. The van der Waals surface area contributed by atoms with Crippen molar-refractivity contribution >= 4 is 5.69 Å². The zero-order valence-electron chi connectivity index (χ0n) is 10.1. The summed E-state index contributed by atoms with van der Waals surface area (Å²) in [7, 11) is 0. The van der Waals surface area contributed by atoms with E-state index in [2.05, 4.69) is 4.74 Å². The molecule has 0 saturated heterocycles. The van der Waals surface area contributed by atoms with Gasteiger partial charge in [0.15, 0.2) is 0 Å². The normalized spacial score (nSPS) is 10.9. The maximum absolute atomic E-state index is 12.0. The molecular weight excluding hydrogens is 269 g/mol. The van der Waals surface area contributed by atoms with E-state index in [1.165, 1.54) is 30.3 Å². The number of ether oxygens (including phenoxy) is 1. The first-order valence-electron chi connectivity index (χ1n) is 5.54. The molecule has 0 heterocycles. The number of anilines is 1. The van der Waals surface area contributed by atoms with E-state index in [0.717, 1.165) is 0 Å². The average molecular weight is 278 g/mol. The highest BCUT2D eigenvalue weighted by Gasteiger charge is 2.30. The zero-order chi connectivity index (χ0) is 14.8. The molecule has 0 saturated carbocycles. The van der Waals surface area contributed by atoms with Crippen molar-refractivity contribution in [1.82, 2.24) is 0 Å². The maximum Gasteiger partial charge on any atom is 0.573 e. The second-order valence-electron chi connectivity index (χ2n) is 4.03. The minimum atomic E-state index is -4.72. The Kier molecular flexibility index (Phi) is 3.53. The van der Waals surface area contributed by atoms with Crippen molar-refractivity contribution in [3.8, 4) is 22.9 Å². The molecule has 0 radical (unpaired) electrons. The van der Waals surface area contributed by atoms with E-state index in [-0.39, 0.29) is 5.75 Å². The number of halogens is 3. The molecule has 0 aliphatic heterocycles. The van der Waals surface area contributed by atoms with Crippen LogP contribution in [0.25, 0.3) is 11.1 Å². The molecule has 2 aromatic rings. The van der Waals surface area contributed by atoms with Crippen molar-refractivity contribution in [2.24, 2.45) is 0 Å². The van der Waals surface area contributed by atoms with Crippen molar-refractivity contribution in [2.45, 2.75) is 6.36 Å². The Bertz CT molecular complexity index is 658. The molecular formula is C14H9F3N2O. The van der Waals surface area contributed by atoms with Gasteiger partial charge in [-0.15, -0.1) is 13.2 Å². The van der Waals surface area contributed by atoms with Crippen LogP contribution in [0.3, 0.4) is 0 Å². The molecule has 3 nitrogen and oxygen atoms in total. The lowest BCUT2D eigenvalue weighted by Crippen LogP contribution is -2.16. The average Bonchev–Trinajstić information content (AvgIpc) is 2.37. The third-order valence-corrected chi connectivity index (χ3v) is 2.51. The van der Waals surface area contributed by atoms with Crippen LogP contribution in [0.1, 0.15) is 5.56 Å². The second kappa shape index (κ2) is 5.13. The van der Waals surface area contributed by atoms with E-state index in [0.29, 0.717) is 22.4 Å². The van der Waals surface area contributed by atoms with E-state index in [4.69, 9.17) is 11.0 Å². The molecule has 20 heavy (non-hydrogen) atoms. The van der Waals surface area contributed by atoms with E-state index in [9.17, 15) is 13.2 Å². The quantitative estimate of drug-likeness (QED) is 0.852. The fraction of sp³-hybridized carbons (Fsp3) is 0.0714. The lowest BCUT2D eigenvalue weighted by Gasteiger charge is -2.09. The van der Waals surface area contributed by atoms with Gasteiger partial charge < -0.3 is 10.5 Å². The minimum absolute atomic E-state index is 0.300. The summed E-state index contributed by atoms with van der Waals surface area (Å²) >= 11 is 0. The number of benzene rings is 2. The van der Waals surface area contributed by atoms with Gasteiger partial charge in [0.1, 0.15) is 5.75 Å². The number of nitrogens with two attached hydrogens (primary N) is 1. The van der Waals surface area contributed by atoms with Crippen molar-refractivity contribution in [1.29, 1.82) is 5.26 Å². The molecule has 0 amide bonds. The van der Waals surface area contributed by atoms with Gasteiger partial charge in [-0.05, 0) is 41.5 Å². The van der Waals surface area contributed by atoms with Gasteiger partial charge in [0.25, 0.3) is 0 Å². The largest absolute Gasteiger partial charge is 0.573 e. The number of nitrogen functional groups attached to an aromatic ring is 1. The predicted molar refractivity (Wildman–Crippen MR) is 67.7 cm³/mol. The van der Waals surface area contributed by atoms with Crippen LogP contribution in [0.15, 0.2) is 42.5 Å². The molecule has 0 aliphatic carbocycles. The lowest BCUT2D eigenvalue weighted by molar-refractivity contribution is -0.274. The molecule has 0 unspecified atom stereocenters. The monoisotopic (exact) mass is 278 g/mol. The van der Waals surface area contributed by atoms with Gasteiger partial charge >= 0.3 is 6.36 Å². The van der Waals surface area contributed by atoms with Crippen molar-refractivity contribution in [3.05, 3.63) is 48.0 Å². The smallest absolute Gasteiger partial charge is 0.406 e. The highest BCUT2D eigenvalue weighted by atomic mass is 19.4. The Balaban J connectivity index is 2.31. The summed E-state index contributed by atoms with van der Waals surface area (Å²) in [5, 5.41) is 8.85. The third kappa shape index (κ3) is 3.42. The number of nitriles is 1. The molecule has 2 rings (SSSR count). The molecule has 0 atom stereocenters. The van der Waals surface area contributed by atoms with Crippen LogP contribution in [0.2, 0.25) is 0 Å². The summed E-state index contributed by atoms with van der Waals surface area (Å²) in [5.41, 5.74) is 7.75. The number of hydrogen-bond acceptors (Lipinski definition) is 3. The number of hydrogen-bond donors (Lipinski definition) is 1. The maximum atomic E-state index is 12.0. The van der Waals surface area contributed by atoms with Crippen LogP contribution in [0, 0.1) is 11.3 Å². The molecule has 0 fully saturated rings. The number of alkyl halides is 3. The molecule has 0 aromatic heterocycles. The van der Waals surface area contributed by atoms with Crippen LogP contribution < -0.4 is 10.5 Å². The van der Waals surface area contributed by atoms with E-state index >= 15 is 0 Å². The third-order valence-electron chi connectivity index (χ3n) is 2.51. The van der Waals surface area contributed by atoms with Crippen LogP contribution >= 0.6 is 0 Å². The Labute approximate surface area is 113 Å². The van der Waals surface area contributed by atoms with Gasteiger partial charge in [0.05, 0.1) is 11.6 Å². The Morgan fingerprint density at radius 3 is 2.20 bits per heavy atom. The first kappa shape index (κ1) is 13.7. The molecule has 102 valence electrons. The van der Waals surface area contributed by atoms with Crippen LogP contribution in [-0.4, -0.2) is 6.36 Å². The summed E-state index contributed by atoms with van der Waals surface area (Å²) < 4.78 is 39.9. The molecule has 6 heteroatoms. The fourth-order valence-corrected chi connectivity index (χ4v) is 1.73. The van der Waals surface area contributed by atoms with Crippen molar-refractivity contribution in [2.75, 3.05) is 5.73 Å². The molecule has 0 bridgehead atoms. The van der Waals surface area contributed by atoms with E-state index in [1.807, 2.05) is 6.07 Å². The highest BCUT2D eigenvalue weighted by Crippen LogP contribution is 2.28. The summed E-state index contributed by atoms with van der Waals surface area (Å²) in [4.78, 5) is 0. The van der Waals surface area contributed by atoms with Gasteiger partial charge in [-0.25, -0.2) is 0 Å². The van der Waals surface area contributed by atoms with Gasteiger partial charge in [-0.2, -0.15) is 5.26 Å². The van der Waals surface area contributed by atoms with Gasteiger partial charge in [0, 0.05) is 5.69 Å².